The van der Waals surface area contributed by atoms with Gasteiger partial charge in [0.25, 0.3) is 5.91 Å². The molecule has 1 amide bonds. The lowest BCUT2D eigenvalue weighted by Gasteiger charge is -2.22. The van der Waals surface area contributed by atoms with Crippen molar-refractivity contribution in [3.63, 3.8) is 0 Å². The quantitative estimate of drug-likeness (QED) is 0.785. The predicted octanol–water partition coefficient (Wildman–Crippen LogP) is 3.31. The number of amides is 1. The first kappa shape index (κ1) is 18.5. The Morgan fingerprint density at radius 1 is 1.00 bits per heavy atom. The molecule has 0 heterocycles. The van der Waals surface area contributed by atoms with Crippen molar-refractivity contribution in [2.75, 3.05) is 13.7 Å². The second-order valence-corrected chi connectivity index (χ2v) is 5.99. The monoisotopic (exact) mass is 341 g/mol. The molecule has 0 bridgehead atoms. The molecule has 1 N–H and O–H groups in total. The van der Waals surface area contributed by atoms with Crippen molar-refractivity contribution in [2.24, 2.45) is 5.92 Å². The minimum atomic E-state index is -0.405. The normalized spacial score (nSPS) is 11.7. The van der Waals surface area contributed by atoms with Crippen molar-refractivity contribution >= 4 is 11.9 Å². The molecule has 0 aromatic heterocycles. The van der Waals surface area contributed by atoms with Crippen LogP contribution in [0.2, 0.25) is 0 Å². The standard InChI is InChI=1S/C20H23NO4/c1-14(2)17(13-25-20(23)15-9-5-4-6-10-15)21-19(22)16-11-7-8-12-18(16)24-3/h4-12,14,17H,13H2,1-3H3,(H,21,22)/t17-/m1/s1. The SMILES string of the molecule is COc1ccccc1C(=O)N[C@H](COC(=O)c1ccccc1)C(C)C. The molecule has 0 aliphatic carbocycles. The second-order valence-electron chi connectivity index (χ2n) is 5.99. The highest BCUT2D eigenvalue weighted by atomic mass is 16.5. The molecule has 0 unspecified atom stereocenters. The van der Waals surface area contributed by atoms with Gasteiger partial charge in [0.1, 0.15) is 12.4 Å². The molecule has 0 fully saturated rings. The summed E-state index contributed by atoms with van der Waals surface area (Å²) in [7, 11) is 1.52. The fourth-order valence-electron chi connectivity index (χ4n) is 2.30. The third-order valence-corrected chi connectivity index (χ3v) is 3.88. The highest BCUT2D eigenvalue weighted by Gasteiger charge is 2.21. The molecule has 0 aliphatic rings. The number of rotatable bonds is 7. The molecular formula is C20H23NO4. The van der Waals surface area contributed by atoms with Gasteiger partial charge in [-0.3, -0.25) is 4.79 Å². The molecule has 2 rings (SSSR count). The zero-order valence-corrected chi connectivity index (χ0v) is 14.7. The Labute approximate surface area is 148 Å². The Balaban J connectivity index is 2.01. The lowest BCUT2D eigenvalue weighted by atomic mass is 10.0. The topological polar surface area (TPSA) is 64.6 Å². The Kier molecular flexibility index (Phi) is 6.57. The van der Waals surface area contributed by atoms with E-state index in [1.165, 1.54) is 7.11 Å². The van der Waals surface area contributed by atoms with Crippen molar-refractivity contribution in [3.05, 3.63) is 65.7 Å². The average molecular weight is 341 g/mol. The van der Waals surface area contributed by atoms with Gasteiger partial charge in [-0.05, 0) is 30.2 Å². The van der Waals surface area contributed by atoms with Crippen LogP contribution in [0, 0.1) is 5.92 Å². The number of esters is 1. The summed E-state index contributed by atoms with van der Waals surface area (Å²) in [6.45, 7) is 4.03. The Bertz CT molecular complexity index is 713. The summed E-state index contributed by atoms with van der Waals surface area (Å²) >= 11 is 0. The maximum absolute atomic E-state index is 12.5. The minimum absolute atomic E-state index is 0.0993. The van der Waals surface area contributed by atoms with E-state index in [-0.39, 0.29) is 24.5 Å². The Morgan fingerprint density at radius 2 is 1.64 bits per heavy atom. The van der Waals surface area contributed by atoms with Crippen LogP contribution in [0.4, 0.5) is 0 Å². The molecule has 5 heteroatoms. The smallest absolute Gasteiger partial charge is 0.338 e. The number of carbonyl (C=O) groups excluding carboxylic acids is 2. The summed E-state index contributed by atoms with van der Waals surface area (Å²) in [5, 5.41) is 2.92. The maximum atomic E-state index is 12.5. The van der Waals surface area contributed by atoms with E-state index in [4.69, 9.17) is 9.47 Å². The molecule has 1 atom stereocenters. The molecule has 5 nitrogen and oxygen atoms in total. The van der Waals surface area contributed by atoms with E-state index < -0.39 is 5.97 Å². The van der Waals surface area contributed by atoms with Crippen LogP contribution >= 0.6 is 0 Å². The zero-order valence-electron chi connectivity index (χ0n) is 14.7. The third-order valence-electron chi connectivity index (χ3n) is 3.88. The van der Waals surface area contributed by atoms with E-state index in [1.54, 1.807) is 48.5 Å². The van der Waals surface area contributed by atoms with Gasteiger partial charge in [-0.15, -0.1) is 0 Å². The van der Waals surface area contributed by atoms with E-state index in [1.807, 2.05) is 19.9 Å². The van der Waals surface area contributed by atoms with Crippen LogP contribution in [0.5, 0.6) is 5.75 Å². The average Bonchev–Trinajstić information content (AvgIpc) is 2.65. The van der Waals surface area contributed by atoms with Crippen LogP contribution in [0.1, 0.15) is 34.6 Å². The summed E-state index contributed by atoms with van der Waals surface area (Å²) < 4.78 is 10.6. The predicted molar refractivity (Wildman–Crippen MR) is 95.8 cm³/mol. The molecule has 0 spiro atoms. The summed E-state index contributed by atoms with van der Waals surface area (Å²) in [5.74, 6) is -0.0595. The summed E-state index contributed by atoms with van der Waals surface area (Å²) in [5.41, 5.74) is 0.936. The van der Waals surface area contributed by atoms with E-state index in [0.717, 1.165) is 0 Å². The van der Waals surface area contributed by atoms with Crippen molar-refractivity contribution < 1.29 is 19.1 Å². The highest BCUT2D eigenvalue weighted by Crippen LogP contribution is 2.17. The molecule has 132 valence electrons. The number of ether oxygens (including phenoxy) is 2. The number of methoxy groups -OCH3 is 1. The van der Waals surface area contributed by atoms with Crippen molar-refractivity contribution in [1.82, 2.24) is 5.32 Å². The van der Waals surface area contributed by atoms with Gasteiger partial charge in [-0.2, -0.15) is 0 Å². The van der Waals surface area contributed by atoms with Gasteiger partial charge in [0.2, 0.25) is 0 Å². The number of para-hydroxylation sites is 1. The first-order valence-corrected chi connectivity index (χ1v) is 8.19. The largest absolute Gasteiger partial charge is 0.496 e. The van der Waals surface area contributed by atoms with Crippen LogP contribution < -0.4 is 10.1 Å². The summed E-state index contributed by atoms with van der Waals surface area (Å²) in [6, 6.07) is 15.5. The molecule has 2 aromatic carbocycles. The lowest BCUT2D eigenvalue weighted by Crippen LogP contribution is -2.42. The maximum Gasteiger partial charge on any atom is 0.338 e. The van der Waals surface area contributed by atoms with Gasteiger partial charge in [0.15, 0.2) is 0 Å². The van der Waals surface area contributed by atoms with Crippen molar-refractivity contribution in [3.8, 4) is 5.75 Å². The Morgan fingerprint density at radius 3 is 2.28 bits per heavy atom. The fourth-order valence-corrected chi connectivity index (χ4v) is 2.30. The van der Waals surface area contributed by atoms with Crippen LogP contribution in [-0.4, -0.2) is 31.6 Å². The number of hydrogen-bond acceptors (Lipinski definition) is 4. The first-order chi connectivity index (χ1) is 12.0. The molecule has 0 saturated carbocycles. The first-order valence-electron chi connectivity index (χ1n) is 8.19. The zero-order chi connectivity index (χ0) is 18.2. The van der Waals surface area contributed by atoms with Gasteiger partial charge in [0.05, 0.1) is 24.3 Å². The Hall–Kier alpha value is -2.82. The minimum Gasteiger partial charge on any atom is -0.496 e. The summed E-state index contributed by atoms with van der Waals surface area (Å²) in [6.07, 6.45) is 0. The lowest BCUT2D eigenvalue weighted by molar-refractivity contribution is 0.0431. The molecular weight excluding hydrogens is 318 g/mol. The van der Waals surface area contributed by atoms with Gasteiger partial charge in [-0.1, -0.05) is 44.2 Å². The van der Waals surface area contributed by atoms with Crippen LogP contribution in [0.3, 0.4) is 0 Å². The number of nitrogens with one attached hydrogen (secondary N) is 1. The second kappa shape index (κ2) is 8.87. The van der Waals surface area contributed by atoms with Crippen LogP contribution in [-0.2, 0) is 4.74 Å². The van der Waals surface area contributed by atoms with Crippen molar-refractivity contribution in [1.29, 1.82) is 0 Å². The highest BCUT2D eigenvalue weighted by molar-refractivity contribution is 5.97. The molecule has 2 aromatic rings. The molecule has 25 heavy (non-hydrogen) atoms. The van der Waals surface area contributed by atoms with E-state index in [2.05, 4.69) is 5.32 Å². The van der Waals surface area contributed by atoms with E-state index >= 15 is 0 Å². The summed E-state index contributed by atoms with van der Waals surface area (Å²) in [4.78, 5) is 24.6. The van der Waals surface area contributed by atoms with Crippen LogP contribution in [0.15, 0.2) is 54.6 Å². The molecule has 0 saturated heterocycles. The van der Waals surface area contributed by atoms with E-state index in [9.17, 15) is 9.59 Å². The van der Waals surface area contributed by atoms with Gasteiger partial charge >= 0.3 is 5.97 Å². The molecule has 0 aliphatic heterocycles. The number of carbonyl (C=O) groups is 2. The van der Waals surface area contributed by atoms with Crippen LogP contribution in [0.25, 0.3) is 0 Å². The number of benzene rings is 2. The molecule has 0 radical (unpaired) electrons. The third kappa shape index (κ3) is 5.08. The van der Waals surface area contributed by atoms with Gasteiger partial charge in [0, 0.05) is 0 Å². The fraction of sp³-hybridized carbons (Fsp3) is 0.300. The van der Waals surface area contributed by atoms with E-state index in [0.29, 0.717) is 16.9 Å². The van der Waals surface area contributed by atoms with Gasteiger partial charge in [-0.25, -0.2) is 4.79 Å². The van der Waals surface area contributed by atoms with Gasteiger partial charge < -0.3 is 14.8 Å². The number of hydrogen-bond donors (Lipinski definition) is 1. The van der Waals surface area contributed by atoms with Crippen molar-refractivity contribution in [2.45, 2.75) is 19.9 Å².